The minimum absolute atomic E-state index is 0.0230. The molecule has 1 aromatic carbocycles. The van der Waals surface area contributed by atoms with Gasteiger partial charge in [0.2, 0.25) is 5.78 Å². The molecule has 1 heterocycles. The number of aromatic amines is 1. The van der Waals surface area contributed by atoms with Crippen molar-refractivity contribution in [2.75, 3.05) is 27.1 Å². The lowest BCUT2D eigenvalue weighted by Gasteiger charge is -2.19. The smallest absolute Gasteiger partial charge is 0.277 e. The second-order valence-corrected chi connectivity index (χ2v) is 7.91. The molecule has 10 heteroatoms. The highest BCUT2D eigenvalue weighted by molar-refractivity contribution is 7.90. The molecule has 0 amide bonds. The summed E-state index contributed by atoms with van der Waals surface area (Å²) >= 11 is 0. The van der Waals surface area contributed by atoms with Crippen molar-refractivity contribution in [2.45, 2.75) is 18.1 Å². The van der Waals surface area contributed by atoms with E-state index in [0.717, 1.165) is 6.26 Å². The Labute approximate surface area is 156 Å². The summed E-state index contributed by atoms with van der Waals surface area (Å²) in [6.07, 6.45) is 1.64. The van der Waals surface area contributed by atoms with Gasteiger partial charge in [-0.05, 0) is 19.1 Å². The average Bonchev–Trinajstić information content (AvgIpc) is 2.94. The summed E-state index contributed by atoms with van der Waals surface area (Å²) in [4.78, 5) is 24.8. The average molecular weight is 398 g/mol. The summed E-state index contributed by atoms with van der Waals surface area (Å²) in [7, 11) is 0.711. The maximum atomic E-state index is 12.8. The highest BCUT2D eigenvalue weighted by atomic mass is 32.2. The Balaban J connectivity index is 2.55. The van der Waals surface area contributed by atoms with E-state index >= 15 is 0 Å². The maximum Gasteiger partial charge on any atom is 0.277 e. The third-order valence-electron chi connectivity index (χ3n) is 4.09. The van der Waals surface area contributed by atoms with Crippen LogP contribution in [0.15, 0.2) is 28.0 Å². The number of rotatable bonds is 8. The largest absolute Gasteiger partial charge is 0.487 e. The van der Waals surface area contributed by atoms with Gasteiger partial charge in [-0.1, -0.05) is 0 Å². The molecule has 148 valence electrons. The molecule has 0 aliphatic rings. The van der Waals surface area contributed by atoms with Crippen LogP contribution in [-0.2, 0) is 26.4 Å². The summed E-state index contributed by atoms with van der Waals surface area (Å²) in [5, 5.41) is 2.64. The van der Waals surface area contributed by atoms with Crippen molar-refractivity contribution in [1.29, 1.82) is 0 Å². The highest BCUT2D eigenvalue weighted by Crippen LogP contribution is 2.31. The van der Waals surface area contributed by atoms with E-state index in [4.69, 9.17) is 14.2 Å². The Bertz CT molecular complexity index is 1000. The van der Waals surface area contributed by atoms with Crippen molar-refractivity contribution in [3.63, 3.8) is 0 Å². The first kappa shape index (κ1) is 20.9. The van der Waals surface area contributed by atoms with Crippen molar-refractivity contribution >= 4 is 15.6 Å². The number of ketones is 1. The quantitative estimate of drug-likeness (QED) is 0.513. The number of nitrogens with zero attached hydrogens (tertiary/aromatic N) is 1. The molecule has 9 nitrogen and oxygen atoms in total. The lowest BCUT2D eigenvalue weighted by molar-refractivity contribution is -0.122. The minimum atomic E-state index is -3.62. The molecule has 0 saturated carbocycles. The Morgan fingerprint density at radius 2 is 1.85 bits per heavy atom. The number of aryl methyl sites for hydroxylation is 1. The first-order valence-electron chi connectivity index (χ1n) is 7.93. The number of hydrogen-bond acceptors (Lipinski definition) is 7. The normalized spacial score (nSPS) is 11.8. The first-order valence-corrected chi connectivity index (χ1v) is 9.82. The molecule has 0 fully saturated rings. The van der Waals surface area contributed by atoms with E-state index in [0.29, 0.717) is 5.56 Å². The molecule has 0 unspecified atom stereocenters. The monoisotopic (exact) mass is 398 g/mol. The van der Waals surface area contributed by atoms with Crippen LogP contribution in [0.5, 0.6) is 5.75 Å². The van der Waals surface area contributed by atoms with E-state index in [1.54, 1.807) is 6.92 Å². The molecule has 0 aliphatic heterocycles. The summed E-state index contributed by atoms with van der Waals surface area (Å²) in [5.41, 5.74) is -0.0594. The van der Waals surface area contributed by atoms with E-state index in [1.165, 1.54) is 44.3 Å². The van der Waals surface area contributed by atoms with Crippen molar-refractivity contribution in [3.8, 4) is 5.75 Å². The summed E-state index contributed by atoms with van der Waals surface area (Å²) in [5.74, 6) is -0.510. The third kappa shape index (κ3) is 4.29. The van der Waals surface area contributed by atoms with Crippen LogP contribution in [-0.4, -0.2) is 57.4 Å². The van der Waals surface area contributed by atoms with Gasteiger partial charge >= 0.3 is 0 Å². The fourth-order valence-corrected chi connectivity index (χ4v) is 3.40. The Kier molecular flexibility index (Phi) is 6.24. The number of carbonyl (C=O) groups excluding carboxylic acids is 1. The number of nitrogens with one attached hydrogen (secondary N) is 1. The SMILES string of the molecule is COC(COc1c(S(C)(=O)=O)ccc(C(=O)c2c[nH]n(C)c2=O)c1C)OC. The van der Waals surface area contributed by atoms with Gasteiger partial charge in [0, 0.05) is 44.8 Å². The van der Waals surface area contributed by atoms with Gasteiger partial charge in [-0.15, -0.1) is 0 Å². The number of ether oxygens (including phenoxy) is 3. The zero-order chi connectivity index (χ0) is 20.4. The van der Waals surface area contributed by atoms with Crippen LogP contribution in [0.2, 0.25) is 0 Å². The molecule has 0 saturated heterocycles. The van der Waals surface area contributed by atoms with Gasteiger partial charge in [0.25, 0.3) is 5.56 Å². The molecule has 0 bridgehead atoms. The Morgan fingerprint density at radius 1 is 1.22 bits per heavy atom. The van der Waals surface area contributed by atoms with E-state index in [1.807, 2.05) is 0 Å². The molecule has 0 aliphatic carbocycles. The van der Waals surface area contributed by atoms with Crippen molar-refractivity contribution < 1.29 is 27.4 Å². The van der Waals surface area contributed by atoms with Crippen LogP contribution in [0.1, 0.15) is 21.5 Å². The van der Waals surface area contributed by atoms with Gasteiger partial charge in [0.15, 0.2) is 16.1 Å². The molecule has 2 rings (SSSR count). The van der Waals surface area contributed by atoms with Crippen LogP contribution >= 0.6 is 0 Å². The van der Waals surface area contributed by atoms with Gasteiger partial charge in [-0.3, -0.25) is 14.3 Å². The minimum Gasteiger partial charge on any atom is -0.487 e. The van der Waals surface area contributed by atoms with E-state index in [-0.39, 0.29) is 28.4 Å². The van der Waals surface area contributed by atoms with E-state index in [9.17, 15) is 18.0 Å². The molecule has 0 radical (unpaired) electrons. The predicted molar refractivity (Wildman–Crippen MR) is 97.1 cm³/mol. The second-order valence-electron chi connectivity index (χ2n) is 5.93. The second kappa shape index (κ2) is 8.07. The third-order valence-corrected chi connectivity index (χ3v) is 5.21. The van der Waals surface area contributed by atoms with Crippen LogP contribution in [0.25, 0.3) is 0 Å². The van der Waals surface area contributed by atoms with Gasteiger partial charge in [-0.2, -0.15) is 0 Å². The van der Waals surface area contributed by atoms with Gasteiger partial charge in [-0.25, -0.2) is 8.42 Å². The predicted octanol–water partition coefficient (Wildman–Crippen LogP) is 0.654. The van der Waals surface area contributed by atoms with E-state index in [2.05, 4.69) is 5.10 Å². The lowest BCUT2D eigenvalue weighted by atomic mass is 10.0. The van der Waals surface area contributed by atoms with Crippen molar-refractivity contribution in [2.24, 2.45) is 7.05 Å². The molecule has 1 aromatic heterocycles. The molecule has 1 N–H and O–H groups in total. The molecule has 0 atom stereocenters. The summed E-state index contributed by atoms with van der Waals surface area (Å²) in [6.45, 7) is 1.48. The van der Waals surface area contributed by atoms with Gasteiger partial charge < -0.3 is 19.3 Å². The standard InChI is InChI=1S/C17H22N2O7S/c1-10-11(15(20)12-8-18-19(2)17(12)21)6-7-13(27(5,22)23)16(10)26-9-14(24-3)25-4/h6-8,14,18H,9H2,1-5H3. The topological polar surface area (TPSA) is 117 Å². The Hall–Kier alpha value is -2.43. The fraction of sp³-hybridized carbons (Fsp3) is 0.412. The number of sulfone groups is 1. The zero-order valence-corrected chi connectivity index (χ0v) is 16.5. The van der Waals surface area contributed by atoms with E-state index < -0.39 is 27.5 Å². The molecule has 2 aromatic rings. The number of H-pyrrole nitrogens is 1. The number of carbonyl (C=O) groups is 1. The lowest BCUT2D eigenvalue weighted by Crippen LogP contribution is -2.23. The summed E-state index contributed by atoms with van der Waals surface area (Å²) < 4.78 is 41.1. The Morgan fingerprint density at radius 3 is 2.33 bits per heavy atom. The van der Waals surface area contributed by atoms with Crippen LogP contribution < -0.4 is 10.3 Å². The molecular weight excluding hydrogens is 376 g/mol. The van der Waals surface area contributed by atoms with Crippen LogP contribution in [0.4, 0.5) is 0 Å². The number of methoxy groups -OCH3 is 2. The van der Waals surface area contributed by atoms with Crippen molar-refractivity contribution in [3.05, 3.63) is 45.4 Å². The number of aromatic nitrogens is 2. The first-order chi connectivity index (χ1) is 12.6. The zero-order valence-electron chi connectivity index (χ0n) is 15.7. The summed E-state index contributed by atoms with van der Waals surface area (Å²) in [6, 6.07) is 2.66. The fourth-order valence-electron chi connectivity index (χ4n) is 2.54. The van der Waals surface area contributed by atoms with Crippen molar-refractivity contribution in [1.82, 2.24) is 9.78 Å². The maximum absolute atomic E-state index is 12.8. The highest BCUT2D eigenvalue weighted by Gasteiger charge is 2.25. The van der Waals surface area contributed by atoms with Gasteiger partial charge in [0.1, 0.15) is 22.8 Å². The van der Waals surface area contributed by atoms with Gasteiger partial charge in [0.05, 0.1) is 0 Å². The molecule has 0 spiro atoms. The number of hydrogen-bond donors (Lipinski definition) is 1. The van der Waals surface area contributed by atoms with Crippen LogP contribution in [0, 0.1) is 6.92 Å². The number of benzene rings is 1. The van der Waals surface area contributed by atoms with Crippen LogP contribution in [0.3, 0.4) is 0 Å². The molecule has 27 heavy (non-hydrogen) atoms. The molecular formula is C17H22N2O7S.